The molecule has 0 saturated carbocycles. The first-order valence-electron chi connectivity index (χ1n) is 8.32. The first-order chi connectivity index (χ1) is 12.0. The van der Waals surface area contributed by atoms with Crippen molar-refractivity contribution in [3.8, 4) is 0 Å². The molecule has 5 nitrogen and oxygen atoms in total. The highest BCUT2D eigenvalue weighted by Gasteiger charge is 2.14. The molecule has 0 fully saturated rings. The Morgan fingerprint density at radius 1 is 1.16 bits per heavy atom. The fourth-order valence-corrected chi connectivity index (χ4v) is 3.02. The van der Waals surface area contributed by atoms with Gasteiger partial charge in [-0.2, -0.15) is 0 Å². The van der Waals surface area contributed by atoms with Gasteiger partial charge in [-0.25, -0.2) is 9.18 Å². The number of hydrogen-bond donors (Lipinski definition) is 2. The number of aromatic amines is 1. The number of H-pyrrole nitrogens is 1. The second-order valence-corrected chi connectivity index (χ2v) is 5.88. The van der Waals surface area contributed by atoms with E-state index in [1.54, 1.807) is 0 Å². The van der Waals surface area contributed by atoms with Crippen LogP contribution in [-0.4, -0.2) is 15.5 Å². The Hall–Kier alpha value is -2.89. The summed E-state index contributed by atoms with van der Waals surface area (Å²) in [5, 5.41) is 2.94. The van der Waals surface area contributed by atoms with Gasteiger partial charge in [-0.15, -0.1) is 0 Å². The maximum Gasteiger partial charge on any atom is 0.326 e. The predicted octanol–water partition coefficient (Wildman–Crippen LogP) is 3.23. The molecule has 3 rings (SSSR count). The number of nitrogens with zero attached hydrogens (tertiary/aromatic N) is 1. The minimum atomic E-state index is -0.435. The number of aromatic nitrogens is 2. The third-order valence-corrected chi connectivity index (χ3v) is 4.30. The summed E-state index contributed by atoms with van der Waals surface area (Å²) in [7, 11) is 0. The van der Waals surface area contributed by atoms with Crippen molar-refractivity contribution in [2.75, 3.05) is 5.32 Å². The second kappa shape index (κ2) is 6.93. The Labute approximate surface area is 144 Å². The number of fused-ring (bicyclic) bond motifs is 1. The van der Waals surface area contributed by atoms with Gasteiger partial charge in [-0.3, -0.25) is 9.36 Å². The molecule has 25 heavy (non-hydrogen) atoms. The highest BCUT2D eigenvalue weighted by molar-refractivity contribution is 5.93. The van der Waals surface area contributed by atoms with E-state index in [1.165, 1.54) is 22.8 Å². The van der Waals surface area contributed by atoms with E-state index in [4.69, 9.17) is 0 Å². The zero-order valence-electron chi connectivity index (χ0n) is 14.2. The average Bonchev–Trinajstić information content (AvgIpc) is 2.89. The van der Waals surface area contributed by atoms with Crippen LogP contribution < -0.4 is 11.0 Å². The molecule has 0 aliphatic carbocycles. The van der Waals surface area contributed by atoms with E-state index in [2.05, 4.69) is 10.3 Å². The van der Waals surface area contributed by atoms with Crippen molar-refractivity contribution in [2.24, 2.45) is 0 Å². The predicted molar refractivity (Wildman–Crippen MR) is 96.3 cm³/mol. The Bertz CT molecular complexity index is 966. The van der Waals surface area contributed by atoms with Gasteiger partial charge >= 0.3 is 5.69 Å². The van der Waals surface area contributed by atoms with Crippen LogP contribution in [0.25, 0.3) is 11.0 Å². The van der Waals surface area contributed by atoms with Crippen LogP contribution in [0.1, 0.15) is 25.0 Å². The van der Waals surface area contributed by atoms with E-state index in [0.29, 0.717) is 11.0 Å². The smallest absolute Gasteiger partial charge is 0.324 e. The molecule has 0 bridgehead atoms. The van der Waals surface area contributed by atoms with Crippen LogP contribution in [0, 0.1) is 5.82 Å². The lowest BCUT2D eigenvalue weighted by atomic mass is 10.0. The molecule has 1 aromatic heterocycles. The summed E-state index contributed by atoms with van der Waals surface area (Å²) in [4.78, 5) is 27.2. The van der Waals surface area contributed by atoms with Crippen LogP contribution in [0.5, 0.6) is 0 Å². The molecule has 0 unspecified atom stereocenters. The minimum Gasteiger partial charge on any atom is -0.324 e. The number of aryl methyl sites for hydroxylation is 2. The maximum atomic E-state index is 13.3. The molecule has 0 aliphatic rings. The van der Waals surface area contributed by atoms with E-state index < -0.39 is 11.5 Å². The van der Waals surface area contributed by atoms with E-state index >= 15 is 0 Å². The third kappa shape index (κ3) is 3.33. The molecule has 0 saturated heterocycles. The van der Waals surface area contributed by atoms with Gasteiger partial charge in [0.05, 0.1) is 11.0 Å². The fraction of sp³-hybridized carbons (Fsp3) is 0.263. The Morgan fingerprint density at radius 2 is 1.84 bits per heavy atom. The molecular formula is C19H20FN3O2. The molecule has 6 heteroatoms. The highest BCUT2D eigenvalue weighted by atomic mass is 19.1. The van der Waals surface area contributed by atoms with E-state index in [9.17, 15) is 14.0 Å². The number of rotatable bonds is 5. The van der Waals surface area contributed by atoms with Crippen LogP contribution in [-0.2, 0) is 24.2 Å². The minimum absolute atomic E-state index is 0.133. The Balaban J connectivity index is 1.90. The maximum absolute atomic E-state index is 13.3. The number of imidazole rings is 1. The Morgan fingerprint density at radius 3 is 2.48 bits per heavy atom. The molecule has 0 atom stereocenters. The summed E-state index contributed by atoms with van der Waals surface area (Å²) < 4.78 is 14.6. The Kier molecular flexibility index (Phi) is 4.70. The molecule has 2 N–H and O–H groups in total. The highest BCUT2D eigenvalue weighted by Crippen LogP contribution is 2.22. The van der Waals surface area contributed by atoms with Crippen molar-refractivity contribution >= 4 is 22.6 Å². The monoisotopic (exact) mass is 341 g/mol. The van der Waals surface area contributed by atoms with Crippen LogP contribution >= 0.6 is 0 Å². The van der Waals surface area contributed by atoms with Gasteiger partial charge in [0, 0.05) is 5.69 Å². The first kappa shape index (κ1) is 17.0. The van der Waals surface area contributed by atoms with Gasteiger partial charge in [0.25, 0.3) is 0 Å². The average molecular weight is 341 g/mol. The summed E-state index contributed by atoms with van der Waals surface area (Å²) in [6.07, 6.45) is 1.60. The van der Waals surface area contributed by atoms with Gasteiger partial charge in [0.2, 0.25) is 5.91 Å². The van der Waals surface area contributed by atoms with Crippen molar-refractivity contribution < 1.29 is 9.18 Å². The lowest BCUT2D eigenvalue weighted by Crippen LogP contribution is -2.26. The van der Waals surface area contributed by atoms with Crippen molar-refractivity contribution in [3.63, 3.8) is 0 Å². The number of halogens is 1. The van der Waals surface area contributed by atoms with E-state index in [0.717, 1.165) is 29.7 Å². The fourth-order valence-electron chi connectivity index (χ4n) is 3.02. The molecule has 0 spiro atoms. The van der Waals surface area contributed by atoms with Gasteiger partial charge in [-0.05, 0) is 42.2 Å². The SMILES string of the molecule is CCc1cccc(CC)c1NC(=O)Cn1c(=O)[nH]c2cc(F)ccc21. The summed E-state index contributed by atoms with van der Waals surface area (Å²) in [5.74, 6) is -0.724. The van der Waals surface area contributed by atoms with Gasteiger partial charge in [0.15, 0.2) is 0 Å². The van der Waals surface area contributed by atoms with Crippen molar-refractivity contribution in [1.82, 2.24) is 9.55 Å². The lowest BCUT2D eigenvalue weighted by molar-refractivity contribution is -0.116. The second-order valence-electron chi connectivity index (χ2n) is 5.88. The quantitative estimate of drug-likeness (QED) is 0.748. The molecule has 1 amide bonds. The number of hydrogen-bond acceptors (Lipinski definition) is 2. The zero-order valence-corrected chi connectivity index (χ0v) is 14.2. The van der Waals surface area contributed by atoms with Crippen LogP contribution in [0.15, 0.2) is 41.2 Å². The molecule has 1 heterocycles. The topological polar surface area (TPSA) is 66.9 Å². The van der Waals surface area contributed by atoms with Gasteiger partial charge in [-0.1, -0.05) is 32.0 Å². The molecule has 0 radical (unpaired) electrons. The van der Waals surface area contributed by atoms with Crippen molar-refractivity contribution in [2.45, 2.75) is 33.2 Å². The molecule has 0 aliphatic heterocycles. The molecule has 130 valence electrons. The summed E-state index contributed by atoms with van der Waals surface area (Å²) in [6.45, 7) is 3.93. The van der Waals surface area contributed by atoms with Gasteiger partial charge < -0.3 is 10.3 Å². The van der Waals surface area contributed by atoms with E-state index in [-0.39, 0.29) is 12.5 Å². The summed E-state index contributed by atoms with van der Waals surface area (Å²) >= 11 is 0. The van der Waals surface area contributed by atoms with E-state index in [1.807, 2.05) is 32.0 Å². The number of carbonyl (C=O) groups excluding carboxylic acids is 1. The van der Waals surface area contributed by atoms with Crippen LogP contribution in [0.3, 0.4) is 0 Å². The number of anilines is 1. The van der Waals surface area contributed by atoms with Gasteiger partial charge in [0.1, 0.15) is 12.4 Å². The third-order valence-electron chi connectivity index (χ3n) is 4.30. The molecule has 3 aromatic rings. The number of benzene rings is 2. The molecule has 2 aromatic carbocycles. The number of para-hydroxylation sites is 1. The van der Waals surface area contributed by atoms with Crippen LogP contribution in [0.4, 0.5) is 10.1 Å². The summed E-state index contributed by atoms with van der Waals surface area (Å²) in [6, 6.07) is 9.95. The number of carbonyl (C=O) groups is 1. The summed E-state index contributed by atoms with van der Waals surface area (Å²) in [5.41, 5.74) is 3.37. The zero-order chi connectivity index (χ0) is 18.0. The largest absolute Gasteiger partial charge is 0.326 e. The number of amides is 1. The molecular weight excluding hydrogens is 321 g/mol. The van der Waals surface area contributed by atoms with Crippen molar-refractivity contribution in [1.29, 1.82) is 0 Å². The number of nitrogens with one attached hydrogen (secondary N) is 2. The normalized spacial score (nSPS) is 11.0. The first-order valence-corrected chi connectivity index (χ1v) is 8.32. The lowest BCUT2D eigenvalue weighted by Gasteiger charge is -2.14. The van der Waals surface area contributed by atoms with Crippen molar-refractivity contribution in [3.05, 3.63) is 63.8 Å². The van der Waals surface area contributed by atoms with Crippen LogP contribution in [0.2, 0.25) is 0 Å². The standard InChI is InChI=1S/C19H20FN3O2/c1-3-12-6-5-7-13(4-2)18(12)22-17(24)11-23-16-9-8-14(20)10-15(16)21-19(23)25/h5-10H,3-4,11H2,1-2H3,(H,21,25)(H,22,24).